The van der Waals surface area contributed by atoms with E-state index < -0.39 is 0 Å². The van der Waals surface area contributed by atoms with Gasteiger partial charge < -0.3 is 15.5 Å². The summed E-state index contributed by atoms with van der Waals surface area (Å²) in [6.07, 6.45) is 2.68. The zero-order chi connectivity index (χ0) is 13.8. The Hall–Kier alpha value is -1.33. The van der Waals surface area contributed by atoms with Crippen molar-refractivity contribution in [2.24, 2.45) is 5.73 Å². The predicted molar refractivity (Wildman–Crippen MR) is 79.6 cm³/mol. The number of imidazole rings is 1. The van der Waals surface area contributed by atoms with E-state index in [1.807, 2.05) is 12.1 Å². The second kappa shape index (κ2) is 6.21. The second-order valence-electron chi connectivity index (χ2n) is 4.33. The topological polar surface area (TPSA) is 63.9 Å². The number of nitrogens with zero attached hydrogens (tertiary/aromatic N) is 1. The van der Waals surface area contributed by atoms with Crippen LogP contribution in [-0.4, -0.2) is 23.6 Å². The normalized spacial score (nSPS) is 12.4. The van der Waals surface area contributed by atoms with E-state index in [1.54, 1.807) is 13.3 Å². The largest absolute Gasteiger partial charge is 0.496 e. The van der Waals surface area contributed by atoms with E-state index in [2.05, 4.69) is 38.9 Å². The third-order valence-electron chi connectivity index (χ3n) is 3.22. The van der Waals surface area contributed by atoms with Crippen molar-refractivity contribution < 1.29 is 4.74 Å². The van der Waals surface area contributed by atoms with Crippen LogP contribution < -0.4 is 10.5 Å². The Bertz CT molecular complexity index is 553. The highest BCUT2D eigenvalue weighted by atomic mass is 79.9. The minimum absolute atomic E-state index is 0.0718. The average Bonchev–Trinajstić information content (AvgIpc) is 2.86. The van der Waals surface area contributed by atoms with Gasteiger partial charge in [0.25, 0.3) is 0 Å². The molecule has 2 rings (SSSR count). The zero-order valence-corrected chi connectivity index (χ0v) is 12.7. The number of halogens is 1. The van der Waals surface area contributed by atoms with E-state index in [-0.39, 0.29) is 5.92 Å². The summed E-state index contributed by atoms with van der Waals surface area (Å²) in [6, 6.07) is 6.19. The fourth-order valence-corrected chi connectivity index (χ4v) is 2.49. The smallest absolute Gasteiger partial charge is 0.122 e. The van der Waals surface area contributed by atoms with Gasteiger partial charge in [-0.3, -0.25) is 0 Å². The van der Waals surface area contributed by atoms with Crippen LogP contribution in [0.15, 0.2) is 29.0 Å². The lowest BCUT2D eigenvalue weighted by molar-refractivity contribution is 0.410. The van der Waals surface area contributed by atoms with E-state index in [1.165, 1.54) is 5.56 Å². The number of aromatic amines is 1. The molecule has 1 heterocycles. The minimum atomic E-state index is 0.0718. The van der Waals surface area contributed by atoms with Crippen LogP contribution in [0.5, 0.6) is 5.75 Å². The van der Waals surface area contributed by atoms with Gasteiger partial charge in [0, 0.05) is 6.54 Å². The van der Waals surface area contributed by atoms with Crippen LogP contribution in [0.3, 0.4) is 0 Å². The molecule has 19 heavy (non-hydrogen) atoms. The molecule has 0 fully saturated rings. The fraction of sp³-hybridized carbons (Fsp3) is 0.357. The number of aromatic nitrogens is 2. The summed E-state index contributed by atoms with van der Waals surface area (Å²) in [7, 11) is 1.69. The summed E-state index contributed by atoms with van der Waals surface area (Å²) in [5.74, 6) is 1.87. The number of aryl methyl sites for hydroxylation is 1. The number of benzene rings is 1. The van der Waals surface area contributed by atoms with E-state index in [9.17, 15) is 0 Å². The first-order valence-electron chi connectivity index (χ1n) is 6.26. The highest BCUT2D eigenvalue weighted by molar-refractivity contribution is 9.10. The quantitative estimate of drug-likeness (QED) is 0.889. The van der Waals surface area contributed by atoms with Gasteiger partial charge in [-0.25, -0.2) is 4.98 Å². The molecule has 0 amide bonds. The van der Waals surface area contributed by atoms with Crippen LogP contribution in [0.1, 0.15) is 29.8 Å². The Morgan fingerprint density at radius 1 is 1.47 bits per heavy atom. The third-order valence-corrected chi connectivity index (χ3v) is 3.62. The van der Waals surface area contributed by atoms with E-state index in [0.717, 1.165) is 28.2 Å². The van der Waals surface area contributed by atoms with Crippen LogP contribution >= 0.6 is 15.9 Å². The van der Waals surface area contributed by atoms with Crippen LogP contribution in [-0.2, 0) is 6.42 Å². The molecule has 5 heteroatoms. The first kappa shape index (κ1) is 14.1. The summed E-state index contributed by atoms with van der Waals surface area (Å²) in [5, 5.41) is 0. The standard InChI is InChI=1S/C14H18BrN3O/c1-3-9-6-10(4-5-12(9)19-2)11(7-16)14-17-8-13(15)18-14/h4-6,8,11H,3,7,16H2,1-2H3,(H,17,18). The van der Waals surface area contributed by atoms with Gasteiger partial charge in [0.05, 0.1) is 19.2 Å². The minimum Gasteiger partial charge on any atom is -0.496 e. The lowest BCUT2D eigenvalue weighted by Gasteiger charge is -2.15. The lowest BCUT2D eigenvalue weighted by Crippen LogP contribution is -2.15. The summed E-state index contributed by atoms with van der Waals surface area (Å²) in [6.45, 7) is 2.62. The summed E-state index contributed by atoms with van der Waals surface area (Å²) in [5.41, 5.74) is 8.24. The molecule has 0 saturated carbocycles. The molecule has 102 valence electrons. The molecule has 0 saturated heterocycles. The van der Waals surface area contributed by atoms with Crippen molar-refractivity contribution in [2.75, 3.05) is 13.7 Å². The van der Waals surface area contributed by atoms with Crippen molar-refractivity contribution in [3.63, 3.8) is 0 Å². The third kappa shape index (κ3) is 2.98. The first-order valence-corrected chi connectivity index (χ1v) is 7.06. The average molecular weight is 324 g/mol. The molecule has 1 aromatic carbocycles. The summed E-state index contributed by atoms with van der Waals surface area (Å²) < 4.78 is 6.22. The number of nitrogens with two attached hydrogens (primary N) is 1. The number of rotatable bonds is 5. The SMILES string of the molecule is CCc1cc(C(CN)c2ncc(Br)[nH]2)ccc1OC. The van der Waals surface area contributed by atoms with Gasteiger partial charge in [0.2, 0.25) is 0 Å². The van der Waals surface area contributed by atoms with Gasteiger partial charge in [-0.2, -0.15) is 0 Å². The zero-order valence-electron chi connectivity index (χ0n) is 11.1. The monoisotopic (exact) mass is 323 g/mol. The summed E-state index contributed by atoms with van der Waals surface area (Å²) >= 11 is 3.37. The molecule has 4 nitrogen and oxygen atoms in total. The maximum Gasteiger partial charge on any atom is 0.122 e. The maximum absolute atomic E-state index is 5.90. The number of ether oxygens (including phenoxy) is 1. The van der Waals surface area contributed by atoms with E-state index in [0.29, 0.717) is 6.54 Å². The van der Waals surface area contributed by atoms with Crippen LogP contribution in [0.4, 0.5) is 0 Å². The number of H-pyrrole nitrogens is 1. The van der Waals surface area contributed by atoms with Crippen molar-refractivity contribution in [3.05, 3.63) is 46.0 Å². The van der Waals surface area contributed by atoms with E-state index >= 15 is 0 Å². The van der Waals surface area contributed by atoms with Crippen molar-refractivity contribution in [1.29, 1.82) is 0 Å². The van der Waals surface area contributed by atoms with Crippen molar-refractivity contribution in [3.8, 4) is 5.75 Å². The maximum atomic E-state index is 5.90. The first-order chi connectivity index (χ1) is 9.19. The molecule has 0 aliphatic carbocycles. The van der Waals surface area contributed by atoms with Crippen molar-refractivity contribution in [2.45, 2.75) is 19.3 Å². The molecule has 2 aromatic rings. The number of methoxy groups -OCH3 is 1. The van der Waals surface area contributed by atoms with Crippen molar-refractivity contribution in [1.82, 2.24) is 9.97 Å². The van der Waals surface area contributed by atoms with Crippen LogP contribution in [0, 0.1) is 0 Å². The molecule has 0 aliphatic rings. The molecule has 0 bridgehead atoms. The Morgan fingerprint density at radius 3 is 2.79 bits per heavy atom. The van der Waals surface area contributed by atoms with Gasteiger partial charge in [0.15, 0.2) is 0 Å². The van der Waals surface area contributed by atoms with Crippen LogP contribution in [0.2, 0.25) is 0 Å². The van der Waals surface area contributed by atoms with Gasteiger partial charge >= 0.3 is 0 Å². The highest BCUT2D eigenvalue weighted by Gasteiger charge is 2.17. The van der Waals surface area contributed by atoms with E-state index in [4.69, 9.17) is 10.5 Å². The molecule has 1 unspecified atom stereocenters. The molecule has 0 radical (unpaired) electrons. The Labute approximate surface area is 121 Å². The summed E-state index contributed by atoms with van der Waals surface area (Å²) in [4.78, 5) is 7.53. The Kier molecular flexibility index (Phi) is 4.61. The number of hydrogen-bond donors (Lipinski definition) is 2. The van der Waals surface area contributed by atoms with Gasteiger partial charge in [0.1, 0.15) is 16.2 Å². The molecule has 1 atom stereocenters. The fourth-order valence-electron chi connectivity index (χ4n) is 2.19. The predicted octanol–water partition coefficient (Wildman–Crippen LogP) is 2.83. The Balaban J connectivity index is 2.38. The second-order valence-corrected chi connectivity index (χ2v) is 5.18. The molecule has 1 aromatic heterocycles. The molecule has 3 N–H and O–H groups in total. The molecular weight excluding hydrogens is 306 g/mol. The van der Waals surface area contributed by atoms with Crippen LogP contribution in [0.25, 0.3) is 0 Å². The molecular formula is C14H18BrN3O. The molecule has 0 spiro atoms. The van der Waals surface area contributed by atoms with Gasteiger partial charge in [-0.15, -0.1) is 0 Å². The molecule has 0 aliphatic heterocycles. The van der Waals surface area contributed by atoms with Crippen molar-refractivity contribution >= 4 is 15.9 Å². The lowest BCUT2D eigenvalue weighted by atomic mass is 9.95. The number of nitrogens with one attached hydrogen (secondary N) is 1. The number of hydrogen-bond acceptors (Lipinski definition) is 3. The highest BCUT2D eigenvalue weighted by Crippen LogP contribution is 2.27. The van der Waals surface area contributed by atoms with Gasteiger partial charge in [-0.05, 0) is 39.5 Å². The van der Waals surface area contributed by atoms with Gasteiger partial charge in [-0.1, -0.05) is 19.1 Å². The Morgan fingerprint density at radius 2 is 2.26 bits per heavy atom.